The van der Waals surface area contributed by atoms with Crippen molar-refractivity contribution in [3.8, 4) is 5.88 Å². The Morgan fingerprint density at radius 3 is 2.79 bits per heavy atom. The van der Waals surface area contributed by atoms with Crippen LogP contribution in [-0.4, -0.2) is 49.1 Å². The second-order valence-corrected chi connectivity index (χ2v) is 7.64. The first-order valence-electron chi connectivity index (χ1n) is 10.2. The lowest BCUT2D eigenvalue weighted by Gasteiger charge is -2.16. The molecule has 1 saturated heterocycles. The summed E-state index contributed by atoms with van der Waals surface area (Å²) in [6.45, 7) is 3.87. The number of hydrogen-bond donors (Lipinski definition) is 1. The van der Waals surface area contributed by atoms with Crippen LogP contribution < -0.4 is 10.1 Å². The monoisotopic (exact) mass is 389 g/mol. The van der Waals surface area contributed by atoms with Crippen LogP contribution in [0.4, 0.5) is 0 Å². The second-order valence-electron chi connectivity index (χ2n) is 7.64. The Balaban J connectivity index is 1.30. The van der Waals surface area contributed by atoms with Gasteiger partial charge in [0, 0.05) is 25.0 Å². The van der Waals surface area contributed by atoms with E-state index in [-0.39, 0.29) is 5.91 Å². The van der Waals surface area contributed by atoms with Crippen molar-refractivity contribution >= 4 is 16.7 Å². The van der Waals surface area contributed by atoms with E-state index >= 15 is 0 Å². The van der Waals surface area contributed by atoms with E-state index in [9.17, 15) is 4.79 Å². The molecule has 0 aliphatic carbocycles. The van der Waals surface area contributed by atoms with Gasteiger partial charge in [0.25, 0.3) is 5.91 Å². The van der Waals surface area contributed by atoms with Crippen molar-refractivity contribution in [2.45, 2.75) is 12.8 Å². The summed E-state index contributed by atoms with van der Waals surface area (Å²) >= 11 is 0. The standard InChI is InChI=1S/C24H27N3O2/c1-29-24-21-10-6-5-9-20(21)15-22(26-24)23(28)25-16-19-12-14-27(17-19)13-11-18-7-3-2-4-8-18/h2-10,15,19H,11-14,16-17H2,1H3,(H,25,28). The third-order valence-electron chi connectivity index (χ3n) is 5.61. The van der Waals surface area contributed by atoms with Crippen molar-refractivity contribution in [3.05, 3.63) is 71.9 Å². The van der Waals surface area contributed by atoms with Gasteiger partial charge >= 0.3 is 0 Å². The molecular formula is C24H27N3O2. The maximum absolute atomic E-state index is 12.7. The largest absolute Gasteiger partial charge is 0.481 e. The zero-order valence-electron chi connectivity index (χ0n) is 16.8. The lowest BCUT2D eigenvalue weighted by atomic mass is 10.1. The van der Waals surface area contributed by atoms with Gasteiger partial charge in [-0.3, -0.25) is 4.79 Å². The Kier molecular flexibility index (Phi) is 6.06. The number of fused-ring (bicyclic) bond motifs is 1. The van der Waals surface area contributed by atoms with Crippen molar-refractivity contribution < 1.29 is 9.53 Å². The van der Waals surface area contributed by atoms with Gasteiger partial charge in [0.2, 0.25) is 5.88 Å². The molecule has 5 heteroatoms. The number of aromatic nitrogens is 1. The fourth-order valence-corrected chi connectivity index (χ4v) is 3.98. The molecule has 150 valence electrons. The lowest BCUT2D eigenvalue weighted by Crippen LogP contribution is -2.32. The van der Waals surface area contributed by atoms with Gasteiger partial charge in [-0.1, -0.05) is 48.5 Å². The molecule has 3 aromatic rings. The number of amides is 1. The van der Waals surface area contributed by atoms with Crippen LogP contribution >= 0.6 is 0 Å². The highest BCUT2D eigenvalue weighted by Gasteiger charge is 2.23. The maximum Gasteiger partial charge on any atom is 0.270 e. The van der Waals surface area contributed by atoms with Crippen LogP contribution in [0.3, 0.4) is 0 Å². The minimum atomic E-state index is -0.142. The van der Waals surface area contributed by atoms with E-state index in [1.54, 1.807) is 7.11 Å². The Morgan fingerprint density at radius 1 is 1.17 bits per heavy atom. The second kappa shape index (κ2) is 9.05. The average molecular weight is 389 g/mol. The Morgan fingerprint density at radius 2 is 1.97 bits per heavy atom. The molecule has 1 aliphatic rings. The molecule has 5 nitrogen and oxygen atoms in total. The summed E-state index contributed by atoms with van der Waals surface area (Å²) in [7, 11) is 1.58. The maximum atomic E-state index is 12.7. The van der Waals surface area contributed by atoms with Gasteiger partial charge in [0.1, 0.15) is 5.69 Å². The van der Waals surface area contributed by atoms with Crippen LogP contribution in [0.15, 0.2) is 60.7 Å². The lowest BCUT2D eigenvalue weighted by molar-refractivity contribution is 0.0941. The molecule has 1 N–H and O–H groups in total. The smallest absolute Gasteiger partial charge is 0.270 e. The highest BCUT2D eigenvalue weighted by Crippen LogP contribution is 2.24. The summed E-state index contributed by atoms with van der Waals surface area (Å²) in [6, 6.07) is 20.2. The van der Waals surface area contributed by atoms with Crippen LogP contribution in [0.1, 0.15) is 22.5 Å². The number of benzene rings is 2. The van der Waals surface area contributed by atoms with Crippen LogP contribution in [0.25, 0.3) is 10.8 Å². The summed E-state index contributed by atoms with van der Waals surface area (Å²) in [5, 5.41) is 4.94. The first kappa shape index (κ1) is 19.4. The van der Waals surface area contributed by atoms with Crippen LogP contribution in [0.2, 0.25) is 0 Å². The molecule has 2 aromatic carbocycles. The van der Waals surface area contributed by atoms with Crippen molar-refractivity contribution in [1.82, 2.24) is 15.2 Å². The average Bonchev–Trinajstić information content (AvgIpc) is 3.24. The number of nitrogens with one attached hydrogen (secondary N) is 1. The van der Waals surface area contributed by atoms with E-state index in [1.165, 1.54) is 5.56 Å². The highest BCUT2D eigenvalue weighted by atomic mass is 16.5. The van der Waals surface area contributed by atoms with Gasteiger partial charge in [0.05, 0.1) is 7.11 Å². The molecule has 4 rings (SSSR count). The quantitative estimate of drug-likeness (QED) is 0.672. The third-order valence-corrected chi connectivity index (χ3v) is 5.61. The third kappa shape index (κ3) is 4.74. The highest BCUT2D eigenvalue weighted by molar-refractivity contribution is 5.98. The number of carbonyl (C=O) groups is 1. The molecule has 0 saturated carbocycles. The molecule has 1 unspecified atom stereocenters. The molecule has 1 aliphatic heterocycles. The summed E-state index contributed by atoms with van der Waals surface area (Å²) in [5.74, 6) is 0.829. The minimum Gasteiger partial charge on any atom is -0.481 e. The normalized spacial score (nSPS) is 16.8. The van der Waals surface area contributed by atoms with Crippen molar-refractivity contribution in [1.29, 1.82) is 0 Å². The van der Waals surface area contributed by atoms with Crippen LogP contribution in [0, 0.1) is 5.92 Å². The van der Waals surface area contributed by atoms with Crippen LogP contribution in [0.5, 0.6) is 5.88 Å². The number of pyridine rings is 1. The van der Waals surface area contributed by atoms with E-state index in [0.717, 1.165) is 43.2 Å². The number of ether oxygens (including phenoxy) is 1. The number of carbonyl (C=O) groups excluding carboxylic acids is 1. The van der Waals surface area contributed by atoms with E-state index in [0.29, 0.717) is 24.0 Å². The predicted molar refractivity (Wildman–Crippen MR) is 115 cm³/mol. The number of hydrogen-bond acceptors (Lipinski definition) is 4. The van der Waals surface area contributed by atoms with Crippen molar-refractivity contribution in [2.75, 3.05) is 33.3 Å². The molecule has 1 amide bonds. The van der Waals surface area contributed by atoms with E-state index in [2.05, 4.69) is 45.5 Å². The molecule has 1 atom stereocenters. The number of methoxy groups -OCH3 is 1. The first-order valence-corrected chi connectivity index (χ1v) is 10.2. The molecule has 0 spiro atoms. The molecule has 0 radical (unpaired) electrons. The van der Waals surface area contributed by atoms with Gasteiger partial charge in [-0.2, -0.15) is 0 Å². The summed E-state index contributed by atoms with van der Waals surface area (Å²) < 4.78 is 5.38. The minimum absolute atomic E-state index is 0.142. The van der Waals surface area contributed by atoms with Crippen molar-refractivity contribution in [3.63, 3.8) is 0 Å². The van der Waals surface area contributed by atoms with Crippen molar-refractivity contribution in [2.24, 2.45) is 5.92 Å². The van der Waals surface area contributed by atoms with Gasteiger partial charge in [-0.05, 0) is 48.4 Å². The van der Waals surface area contributed by atoms with Gasteiger partial charge < -0.3 is 15.0 Å². The zero-order chi connectivity index (χ0) is 20.1. The summed E-state index contributed by atoms with van der Waals surface area (Å²) in [6.07, 6.45) is 2.18. The topological polar surface area (TPSA) is 54.5 Å². The predicted octanol–water partition coefficient (Wildman–Crippen LogP) is 3.54. The molecule has 29 heavy (non-hydrogen) atoms. The number of nitrogens with zero attached hydrogens (tertiary/aromatic N) is 2. The Hall–Kier alpha value is -2.92. The van der Waals surface area contributed by atoms with E-state index in [4.69, 9.17) is 4.74 Å². The number of likely N-dealkylation sites (tertiary alicyclic amines) is 1. The molecule has 1 fully saturated rings. The van der Waals surface area contributed by atoms with E-state index < -0.39 is 0 Å². The van der Waals surface area contributed by atoms with Crippen LogP contribution in [-0.2, 0) is 6.42 Å². The Bertz CT molecular complexity index is 974. The fourth-order valence-electron chi connectivity index (χ4n) is 3.98. The Labute approximate surface area is 171 Å². The molecular weight excluding hydrogens is 362 g/mol. The zero-order valence-corrected chi connectivity index (χ0v) is 16.8. The first-order chi connectivity index (χ1) is 14.2. The van der Waals surface area contributed by atoms with Gasteiger partial charge in [-0.15, -0.1) is 0 Å². The molecule has 2 heterocycles. The van der Waals surface area contributed by atoms with Gasteiger partial charge in [-0.25, -0.2) is 4.98 Å². The SMILES string of the molecule is COc1nc(C(=O)NCC2CCN(CCc3ccccc3)C2)cc2ccccc12. The molecule has 1 aromatic heterocycles. The fraction of sp³-hybridized carbons (Fsp3) is 0.333. The molecule has 0 bridgehead atoms. The van der Waals surface area contributed by atoms with E-state index in [1.807, 2.05) is 30.3 Å². The number of rotatable bonds is 7. The summed E-state index contributed by atoms with van der Waals surface area (Å²) in [5.41, 5.74) is 1.78. The van der Waals surface area contributed by atoms with Gasteiger partial charge in [0.15, 0.2) is 0 Å². The summed E-state index contributed by atoms with van der Waals surface area (Å²) in [4.78, 5) is 19.5.